The number of aliphatic carboxylic acids is 1. The summed E-state index contributed by atoms with van der Waals surface area (Å²) >= 11 is 6.93. The first kappa shape index (κ1) is 31.0. The molecule has 7 nitrogen and oxygen atoms in total. The molecule has 0 radical (unpaired) electrons. The van der Waals surface area contributed by atoms with E-state index in [9.17, 15) is 19.5 Å². The number of nitrogens with one attached hydrogen (secondary N) is 1. The first-order valence-electron chi connectivity index (χ1n) is 12.5. The zero-order chi connectivity index (χ0) is 26.7. The third-order valence-electron chi connectivity index (χ3n) is 7.01. The van der Waals surface area contributed by atoms with Gasteiger partial charge in [-0.05, 0) is 80.9 Å². The van der Waals surface area contributed by atoms with Crippen LogP contribution in [0, 0.1) is 11.8 Å². The van der Waals surface area contributed by atoms with Crippen LogP contribution in [0.4, 0.5) is 5.69 Å². The Labute approximate surface area is 275 Å². The molecule has 0 bridgehead atoms. The van der Waals surface area contributed by atoms with Crippen molar-refractivity contribution in [2.24, 2.45) is 11.8 Å². The first-order chi connectivity index (χ1) is 17.7. The molecule has 2 amide bonds. The van der Waals surface area contributed by atoms with E-state index in [4.69, 9.17) is 12.2 Å². The first-order valence-corrected chi connectivity index (χ1v) is 13.8. The average Bonchev–Trinajstić information content (AvgIpc) is 3.41. The molecular formula is C28H30KN3O4S2. The van der Waals surface area contributed by atoms with Gasteiger partial charge in [0.2, 0.25) is 5.91 Å². The van der Waals surface area contributed by atoms with E-state index in [0.29, 0.717) is 22.9 Å². The van der Waals surface area contributed by atoms with Crippen molar-refractivity contribution >= 4 is 57.5 Å². The van der Waals surface area contributed by atoms with Gasteiger partial charge in [0.25, 0.3) is 5.91 Å². The number of carbonyl (C=O) groups is 3. The molecule has 1 saturated carbocycles. The van der Waals surface area contributed by atoms with Crippen molar-refractivity contribution in [3.63, 3.8) is 0 Å². The predicted octanol–water partition coefficient (Wildman–Crippen LogP) is 1.27. The summed E-state index contributed by atoms with van der Waals surface area (Å²) in [6, 6.07) is 6.23. The van der Waals surface area contributed by atoms with Gasteiger partial charge in [-0.2, -0.15) is 0 Å². The van der Waals surface area contributed by atoms with Gasteiger partial charge >= 0.3 is 51.4 Å². The van der Waals surface area contributed by atoms with Gasteiger partial charge in [0, 0.05) is 28.6 Å². The zero-order valence-electron chi connectivity index (χ0n) is 22.1. The molecule has 2 aliphatic carbocycles. The van der Waals surface area contributed by atoms with Crippen molar-refractivity contribution in [1.29, 1.82) is 0 Å². The fraction of sp³-hybridized carbons (Fsp3) is 0.393. The molecule has 0 aliphatic heterocycles. The summed E-state index contributed by atoms with van der Waals surface area (Å²) < 4.78 is 0. The van der Waals surface area contributed by atoms with E-state index in [-0.39, 0.29) is 85.6 Å². The number of rotatable bonds is 7. The van der Waals surface area contributed by atoms with Crippen molar-refractivity contribution in [2.75, 3.05) is 5.32 Å². The van der Waals surface area contributed by atoms with E-state index in [2.05, 4.69) is 17.2 Å². The number of thiocarbonyl (C=S) groups is 1. The molecule has 1 aromatic heterocycles. The summed E-state index contributed by atoms with van der Waals surface area (Å²) in [7, 11) is 0. The van der Waals surface area contributed by atoms with Crippen molar-refractivity contribution < 1.29 is 70.9 Å². The summed E-state index contributed by atoms with van der Waals surface area (Å²) in [4.78, 5) is 43.9. The Hall–Kier alpha value is -1.53. The third-order valence-corrected chi connectivity index (χ3v) is 8.06. The topological polar surface area (TPSA) is 102 Å². The minimum Gasteiger partial charge on any atom is -0.545 e. The number of anilines is 1. The Bertz CT molecular complexity index is 1250. The Morgan fingerprint density at radius 3 is 2.34 bits per heavy atom. The number of benzene rings is 1. The van der Waals surface area contributed by atoms with Gasteiger partial charge in [-0.3, -0.25) is 9.59 Å². The van der Waals surface area contributed by atoms with Gasteiger partial charge in [0.1, 0.15) is 5.69 Å². The summed E-state index contributed by atoms with van der Waals surface area (Å²) in [5, 5.41) is 16.5. The van der Waals surface area contributed by atoms with Crippen LogP contribution in [0.2, 0.25) is 0 Å². The van der Waals surface area contributed by atoms with Crippen LogP contribution in [0.5, 0.6) is 0 Å². The molecule has 0 spiro atoms. The van der Waals surface area contributed by atoms with E-state index in [1.165, 1.54) is 17.4 Å². The van der Waals surface area contributed by atoms with Crippen LogP contribution in [-0.2, 0) is 9.59 Å². The number of thiazole rings is 1. The molecule has 10 heteroatoms. The fourth-order valence-electron chi connectivity index (χ4n) is 4.92. The van der Waals surface area contributed by atoms with E-state index in [1.807, 2.05) is 19.9 Å². The van der Waals surface area contributed by atoms with E-state index in [0.717, 1.165) is 31.2 Å². The molecule has 1 N–H and O–H groups in total. The van der Waals surface area contributed by atoms with Crippen LogP contribution in [0.15, 0.2) is 52.9 Å². The van der Waals surface area contributed by atoms with Gasteiger partial charge in [-0.25, -0.2) is 4.98 Å². The Kier molecular flexibility index (Phi) is 11.2. The molecule has 4 rings (SSSR count). The average molecular weight is 576 g/mol. The number of aromatic nitrogens is 1. The number of allylic oxidation sites excluding steroid dienone is 2. The molecule has 194 valence electrons. The number of carboxylic acids is 1. The normalized spacial score (nSPS) is 21.2. The molecule has 2 aromatic rings. The van der Waals surface area contributed by atoms with Crippen LogP contribution in [0.3, 0.4) is 0 Å². The number of amides is 2. The number of carbonyl (C=O) groups excluding carboxylic acids is 3. The second-order valence-corrected chi connectivity index (χ2v) is 11.1. The molecule has 2 aliphatic rings. The van der Waals surface area contributed by atoms with Gasteiger partial charge in [0.15, 0.2) is 0 Å². The van der Waals surface area contributed by atoms with Crippen molar-refractivity contribution in [3.8, 4) is 0 Å². The summed E-state index contributed by atoms with van der Waals surface area (Å²) in [5.74, 6) is -1.13. The largest absolute Gasteiger partial charge is 1.00 e. The summed E-state index contributed by atoms with van der Waals surface area (Å²) in [6.45, 7) is 6.06. The smallest absolute Gasteiger partial charge is 0.545 e. The Morgan fingerprint density at radius 2 is 1.79 bits per heavy atom. The fourth-order valence-corrected chi connectivity index (χ4v) is 5.78. The third kappa shape index (κ3) is 7.15. The maximum Gasteiger partial charge on any atom is 1.00 e. The van der Waals surface area contributed by atoms with E-state index in [1.54, 1.807) is 40.1 Å². The number of nitrogens with zero attached hydrogens (tertiary/aromatic N) is 2. The Morgan fingerprint density at radius 1 is 1.13 bits per heavy atom. The van der Waals surface area contributed by atoms with Crippen LogP contribution < -0.4 is 61.8 Å². The number of carboxylic acid groups (broad SMARTS) is 1. The monoisotopic (exact) mass is 575 g/mol. The number of hydrogen-bond donors (Lipinski definition) is 1. The second-order valence-electron chi connectivity index (χ2n) is 9.98. The summed E-state index contributed by atoms with van der Waals surface area (Å²) in [5.41, 5.74) is 3.79. The quantitative estimate of drug-likeness (QED) is 0.394. The maximum atomic E-state index is 13.7. The van der Waals surface area contributed by atoms with Crippen molar-refractivity contribution in [1.82, 2.24) is 9.88 Å². The molecule has 1 heterocycles. The van der Waals surface area contributed by atoms with Gasteiger partial charge in [0.05, 0.1) is 22.4 Å². The van der Waals surface area contributed by atoms with E-state index >= 15 is 0 Å². The minimum atomic E-state index is -1.37. The van der Waals surface area contributed by atoms with Gasteiger partial charge in [-0.1, -0.05) is 31.3 Å². The molecular weight excluding hydrogens is 546 g/mol. The minimum absolute atomic E-state index is 0. The molecule has 1 unspecified atom stereocenters. The number of hydrogen-bond acceptors (Lipinski definition) is 7. The maximum absolute atomic E-state index is 13.7. The molecule has 0 saturated heterocycles. The van der Waals surface area contributed by atoms with Crippen LogP contribution in [0.25, 0.3) is 5.57 Å². The van der Waals surface area contributed by atoms with Crippen LogP contribution in [0.1, 0.15) is 62.5 Å². The van der Waals surface area contributed by atoms with Gasteiger partial charge < -0.3 is 20.1 Å². The SMILES string of the molecule is CC1CCC(C(=O)N(C(C)C)C2C=C(c3ccc(NC(=O)c4cscn4)cc3)C=C(C(=O)[O-])C2=S)CC1.[K+]. The zero-order valence-corrected chi connectivity index (χ0v) is 26.9. The molecule has 38 heavy (non-hydrogen) atoms. The second kappa shape index (κ2) is 13.7. The summed E-state index contributed by atoms with van der Waals surface area (Å²) in [6.07, 6.45) is 7.04. The Balaban J connectivity index is 0.00000400. The van der Waals surface area contributed by atoms with E-state index < -0.39 is 12.0 Å². The van der Waals surface area contributed by atoms with Crippen LogP contribution >= 0.6 is 23.6 Å². The standard InChI is InChI=1S/C28H31N3O4S2.K/c1-16(2)31(27(33)19-6-4-17(3)5-7-19)24-13-20(12-22(25(24)36)28(34)35)18-8-10-21(11-9-18)30-26(32)23-14-37-15-29-23;/h8-17,19,24H,4-7H2,1-3H3,(H,30,32)(H,34,35);/q;+1/p-1. The molecule has 1 atom stereocenters. The van der Waals surface area contributed by atoms with Crippen molar-refractivity contribution in [2.45, 2.75) is 58.5 Å². The van der Waals surface area contributed by atoms with Crippen LogP contribution in [-0.4, -0.2) is 44.6 Å². The molecule has 1 fully saturated rings. The van der Waals surface area contributed by atoms with Crippen molar-refractivity contribution in [3.05, 3.63) is 64.1 Å². The molecule has 1 aromatic carbocycles. The van der Waals surface area contributed by atoms with Gasteiger partial charge in [-0.15, -0.1) is 11.3 Å². The predicted molar refractivity (Wildman–Crippen MR) is 147 cm³/mol.